The lowest BCUT2D eigenvalue weighted by atomic mass is 10.1. The fourth-order valence-corrected chi connectivity index (χ4v) is 2.23. The van der Waals surface area contributed by atoms with E-state index in [2.05, 4.69) is 5.32 Å². The molecule has 1 aliphatic heterocycles. The fraction of sp³-hybridized carbons (Fsp3) is 0.385. The summed E-state index contributed by atoms with van der Waals surface area (Å²) in [6.45, 7) is 2.68. The van der Waals surface area contributed by atoms with Gasteiger partial charge in [-0.15, -0.1) is 0 Å². The predicted molar refractivity (Wildman–Crippen MR) is 68.5 cm³/mol. The molecule has 96 valence electrons. The highest BCUT2D eigenvalue weighted by atomic mass is 16.2. The summed E-state index contributed by atoms with van der Waals surface area (Å²) in [5.41, 5.74) is 7.51. The number of rotatable bonds is 3. The summed E-state index contributed by atoms with van der Waals surface area (Å²) in [6, 6.07) is 7.24. The van der Waals surface area contributed by atoms with Crippen LogP contribution in [-0.2, 0) is 16.1 Å². The van der Waals surface area contributed by atoms with E-state index in [0.717, 1.165) is 5.56 Å². The van der Waals surface area contributed by atoms with Crippen LogP contribution in [0.15, 0.2) is 24.3 Å². The molecule has 5 heteroatoms. The number of carbonyl (C=O) groups excluding carboxylic acids is 2. The van der Waals surface area contributed by atoms with Crippen LogP contribution in [0.4, 0.5) is 5.69 Å². The van der Waals surface area contributed by atoms with Crippen molar-refractivity contribution in [2.24, 2.45) is 0 Å². The van der Waals surface area contributed by atoms with Gasteiger partial charge < -0.3 is 5.73 Å². The Hall–Kier alpha value is -1.88. The summed E-state index contributed by atoms with van der Waals surface area (Å²) in [5, 5.41) is 2.36. The molecule has 3 N–H and O–H groups in total. The van der Waals surface area contributed by atoms with Crippen molar-refractivity contribution in [2.45, 2.75) is 25.9 Å². The zero-order chi connectivity index (χ0) is 13.1. The van der Waals surface area contributed by atoms with Gasteiger partial charge in [-0.3, -0.25) is 19.8 Å². The third kappa shape index (κ3) is 2.51. The molecule has 1 aromatic carbocycles. The van der Waals surface area contributed by atoms with Gasteiger partial charge in [-0.05, 0) is 18.1 Å². The SMILES string of the molecule is CCC1C(=O)NC(=O)CN1Cc1ccccc1N. The van der Waals surface area contributed by atoms with Crippen LogP contribution in [-0.4, -0.2) is 29.3 Å². The lowest BCUT2D eigenvalue weighted by molar-refractivity contribution is -0.140. The number of carbonyl (C=O) groups is 2. The van der Waals surface area contributed by atoms with Crippen LogP contribution in [0.3, 0.4) is 0 Å². The van der Waals surface area contributed by atoms with E-state index in [1.807, 2.05) is 36.1 Å². The maximum absolute atomic E-state index is 11.7. The third-order valence-electron chi connectivity index (χ3n) is 3.17. The fourth-order valence-electron chi connectivity index (χ4n) is 2.23. The molecule has 1 unspecified atom stereocenters. The first kappa shape index (κ1) is 12.6. The number of nitrogens with two attached hydrogens (primary N) is 1. The molecule has 1 fully saturated rings. The van der Waals surface area contributed by atoms with E-state index in [9.17, 15) is 9.59 Å². The van der Waals surface area contributed by atoms with Crippen LogP contribution in [0, 0.1) is 0 Å². The Bertz CT molecular complexity index is 473. The molecule has 18 heavy (non-hydrogen) atoms. The number of hydrogen-bond acceptors (Lipinski definition) is 4. The second-order valence-electron chi connectivity index (χ2n) is 4.44. The van der Waals surface area contributed by atoms with Gasteiger partial charge in [0.15, 0.2) is 0 Å². The molecule has 2 rings (SSSR count). The van der Waals surface area contributed by atoms with Gasteiger partial charge >= 0.3 is 0 Å². The van der Waals surface area contributed by atoms with Gasteiger partial charge in [-0.1, -0.05) is 25.1 Å². The Balaban J connectivity index is 2.18. The summed E-state index contributed by atoms with van der Waals surface area (Å²) in [6.07, 6.45) is 0.672. The molecule has 0 spiro atoms. The Morgan fingerprint density at radius 3 is 2.78 bits per heavy atom. The Kier molecular flexibility index (Phi) is 3.62. The average Bonchev–Trinajstić information content (AvgIpc) is 2.31. The largest absolute Gasteiger partial charge is 0.398 e. The van der Waals surface area contributed by atoms with Gasteiger partial charge in [0.25, 0.3) is 0 Å². The number of hydrogen-bond donors (Lipinski definition) is 2. The Labute approximate surface area is 106 Å². The summed E-state index contributed by atoms with van der Waals surface area (Å²) in [5.74, 6) is -0.470. The van der Waals surface area contributed by atoms with E-state index in [4.69, 9.17) is 5.73 Å². The van der Waals surface area contributed by atoms with Crippen molar-refractivity contribution in [3.05, 3.63) is 29.8 Å². The molecule has 1 saturated heterocycles. The van der Waals surface area contributed by atoms with Crippen molar-refractivity contribution in [1.82, 2.24) is 10.2 Å². The number of benzene rings is 1. The number of nitrogens with one attached hydrogen (secondary N) is 1. The van der Waals surface area contributed by atoms with Crippen molar-refractivity contribution >= 4 is 17.5 Å². The first-order chi connectivity index (χ1) is 8.61. The highest BCUT2D eigenvalue weighted by Crippen LogP contribution is 2.17. The van der Waals surface area contributed by atoms with Crippen molar-refractivity contribution in [1.29, 1.82) is 0 Å². The molecule has 0 bridgehead atoms. The van der Waals surface area contributed by atoms with Crippen molar-refractivity contribution in [3.8, 4) is 0 Å². The summed E-state index contributed by atoms with van der Waals surface area (Å²) in [4.78, 5) is 25.0. The number of para-hydroxylation sites is 1. The minimum atomic E-state index is -0.262. The van der Waals surface area contributed by atoms with Crippen molar-refractivity contribution in [3.63, 3.8) is 0 Å². The van der Waals surface area contributed by atoms with Gasteiger partial charge in [-0.25, -0.2) is 0 Å². The van der Waals surface area contributed by atoms with Crippen LogP contribution in [0.2, 0.25) is 0 Å². The van der Waals surface area contributed by atoms with Gasteiger partial charge in [0.2, 0.25) is 11.8 Å². The number of nitrogen functional groups attached to an aromatic ring is 1. The molecule has 0 aromatic heterocycles. The van der Waals surface area contributed by atoms with Crippen LogP contribution in [0.5, 0.6) is 0 Å². The smallest absolute Gasteiger partial charge is 0.243 e. The lowest BCUT2D eigenvalue weighted by Gasteiger charge is -2.33. The summed E-state index contributed by atoms with van der Waals surface area (Å²) >= 11 is 0. The summed E-state index contributed by atoms with van der Waals surface area (Å²) in [7, 11) is 0. The number of amides is 2. The maximum atomic E-state index is 11.7. The molecule has 1 atom stereocenters. The first-order valence-corrected chi connectivity index (χ1v) is 6.03. The number of nitrogens with zero attached hydrogens (tertiary/aromatic N) is 1. The minimum Gasteiger partial charge on any atom is -0.398 e. The molecule has 0 saturated carbocycles. The molecule has 0 aliphatic carbocycles. The van der Waals surface area contributed by atoms with Crippen LogP contribution < -0.4 is 11.1 Å². The third-order valence-corrected chi connectivity index (χ3v) is 3.17. The highest BCUT2D eigenvalue weighted by Gasteiger charge is 2.32. The van der Waals surface area contributed by atoms with Gasteiger partial charge in [0, 0.05) is 12.2 Å². The normalized spacial score (nSPS) is 20.8. The number of anilines is 1. The maximum Gasteiger partial charge on any atom is 0.243 e. The van der Waals surface area contributed by atoms with E-state index in [1.165, 1.54) is 0 Å². The molecule has 1 aliphatic rings. The standard InChI is InChI=1S/C13H17N3O2/c1-2-11-13(18)15-12(17)8-16(11)7-9-5-3-4-6-10(9)14/h3-6,11H,2,7-8,14H2,1H3,(H,15,17,18). The molecular weight excluding hydrogens is 230 g/mol. The minimum absolute atomic E-state index is 0.219. The van der Waals surface area contributed by atoms with Crippen molar-refractivity contribution in [2.75, 3.05) is 12.3 Å². The second kappa shape index (κ2) is 5.18. The quantitative estimate of drug-likeness (QED) is 0.602. The average molecular weight is 247 g/mol. The number of piperazine rings is 1. The monoisotopic (exact) mass is 247 g/mol. The molecule has 1 aromatic rings. The first-order valence-electron chi connectivity index (χ1n) is 6.03. The van der Waals surface area contributed by atoms with E-state index < -0.39 is 0 Å². The molecule has 5 nitrogen and oxygen atoms in total. The van der Waals surface area contributed by atoms with Crippen LogP contribution in [0.1, 0.15) is 18.9 Å². The molecule has 1 heterocycles. The van der Waals surface area contributed by atoms with Gasteiger partial charge in [-0.2, -0.15) is 0 Å². The van der Waals surface area contributed by atoms with E-state index >= 15 is 0 Å². The zero-order valence-electron chi connectivity index (χ0n) is 10.3. The molecule has 0 radical (unpaired) electrons. The van der Waals surface area contributed by atoms with Gasteiger partial charge in [0.05, 0.1) is 12.6 Å². The van der Waals surface area contributed by atoms with Crippen molar-refractivity contribution < 1.29 is 9.59 Å². The predicted octanol–water partition coefficient (Wildman–Crippen LogP) is 0.506. The lowest BCUT2D eigenvalue weighted by Crippen LogP contribution is -2.57. The molecular formula is C13H17N3O2. The number of imide groups is 1. The zero-order valence-corrected chi connectivity index (χ0v) is 10.3. The Morgan fingerprint density at radius 1 is 1.39 bits per heavy atom. The highest BCUT2D eigenvalue weighted by molar-refractivity contribution is 6.01. The second-order valence-corrected chi connectivity index (χ2v) is 4.44. The van der Waals surface area contributed by atoms with Gasteiger partial charge in [0.1, 0.15) is 0 Å². The topological polar surface area (TPSA) is 75.4 Å². The Morgan fingerprint density at radius 2 is 2.11 bits per heavy atom. The van der Waals surface area contributed by atoms with E-state index in [1.54, 1.807) is 0 Å². The van der Waals surface area contributed by atoms with E-state index in [-0.39, 0.29) is 24.4 Å². The summed E-state index contributed by atoms with van der Waals surface area (Å²) < 4.78 is 0. The van der Waals surface area contributed by atoms with Crippen LogP contribution in [0.25, 0.3) is 0 Å². The molecule has 2 amide bonds. The van der Waals surface area contributed by atoms with E-state index in [0.29, 0.717) is 18.7 Å². The van der Waals surface area contributed by atoms with Crippen LogP contribution >= 0.6 is 0 Å².